The quantitative estimate of drug-likeness (QED) is 0.331. The molecular formula is C31H32FN5O2. The summed E-state index contributed by atoms with van der Waals surface area (Å²) in [5.74, 6) is -0.656. The number of nitrogens with zero attached hydrogens (tertiary/aromatic N) is 3. The molecule has 7 nitrogen and oxygen atoms in total. The molecule has 4 aromatic rings. The lowest BCUT2D eigenvalue weighted by atomic mass is 9.86. The predicted molar refractivity (Wildman–Crippen MR) is 152 cm³/mol. The summed E-state index contributed by atoms with van der Waals surface area (Å²) in [5, 5.41) is 3.92. The van der Waals surface area contributed by atoms with Gasteiger partial charge in [-0.15, -0.1) is 0 Å². The van der Waals surface area contributed by atoms with E-state index in [-0.39, 0.29) is 11.3 Å². The number of anilines is 1. The standard InChI is InChI=1S/C31H32FN5O2/c1-19-23(6-5-7-25(19)36-30(39)21-8-10-22(11-9-21)31(2,3)4)28-24-16-26(35-29(24)34-18-33-28)20-12-14-37(15-13-20)27(38)17-32/h5-12,16,18H,13-15,17H2,1-4H3,(H,36,39)(H,33,34,35). The number of fused-ring (bicyclic) bond motifs is 1. The Morgan fingerprint density at radius 2 is 1.87 bits per heavy atom. The monoisotopic (exact) mass is 525 g/mol. The molecule has 1 aliphatic rings. The first kappa shape index (κ1) is 26.3. The first-order valence-electron chi connectivity index (χ1n) is 13.0. The molecule has 0 aliphatic carbocycles. The molecule has 2 aromatic heterocycles. The molecule has 8 heteroatoms. The van der Waals surface area contributed by atoms with Crippen molar-refractivity contribution in [3.05, 3.63) is 83.3 Å². The molecule has 0 unspecified atom stereocenters. The first-order chi connectivity index (χ1) is 18.7. The van der Waals surface area contributed by atoms with Crippen LogP contribution in [0.3, 0.4) is 0 Å². The van der Waals surface area contributed by atoms with Gasteiger partial charge in [0.2, 0.25) is 0 Å². The molecule has 0 atom stereocenters. The van der Waals surface area contributed by atoms with Gasteiger partial charge in [-0.1, -0.05) is 51.1 Å². The Labute approximate surface area is 227 Å². The minimum Gasteiger partial charge on any atom is -0.339 e. The summed E-state index contributed by atoms with van der Waals surface area (Å²) in [5.41, 5.74) is 7.71. The normalized spacial score (nSPS) is 13.9. The van der Waals surface area contributed by atoms with Gasteiger partial charge in [-0.05, 0) is 59.7 Å². The number of hydrogen-bond acceptors (Lipinski definition) is 4. The van der Waals surface area contributed by atoms with Crippen molar-refractivity contribution in [1.82, 2.24) is 19.9 Å². The lowest BCUT2D eigenvalue weighted by molar-refractivity contribution is -0.131. The van der Waals surface area contributed by atoms with E-state index in [1.165, 1.54) is 16.8 Å². The Bertz CT molecular complexity index is 1580. The molecule has 5 rings (SSSR count). The van der Waals surface area contributed by atoms with Crippen LogP contribution in [0.1, 0.15) is 54.4 Å². The van der Waals surface area contributed by atoms with Crippen LogP contribution >= 0.6 is 0 Å². The van der Waals surface area contributed by atoms with E-state index >= 15 is 0 Å². The van der Waals surface area contributed by atoms with Crippen molar-refractivity contribution in [2.24, 2.45) is 0 Å². The maximum absolute atomic E-state index is 13.1. The summed E-state index contributed by atoms with van der Waals surface area (Å²) in [6.07, 6.45) is 4.10. The molecule has 0 radical (unpaired) electrons. The predicted octanol–water partition coefficient (Wildman–Crippen LogP) is 6.07. The molecule has 2 aromatic carbocycles. The van der Waals surface area contributed by atoms with Crippen molar-refractivity contribution in [2.45, 2.75) is 39.5 Å². The van der Waals surface area contributed by atoms with Gasteiger partial charge in [-0.25, -0.2) is 14.4 Å². The average Bonchev–Trinajstić information content (AvgIpc) is 3.38. The summed E-state index contributed by atoms with van der Waals surface area (Å²) < 4.78 is 12.8. The van der Waals surface area contributed by atoms with Crippen molar-refractivity contribution in [3.63, 3.8) is 0 Å². The minimum absolute atomic E-state index is 0.0170. The van der Waals surface area contributed by atoms with Crippen LogP contribution in [-0.4, -0.2) is 51.4 Å². The summed E-state index contributed by atoms with van der Waals surface area (Å²) >= 11 is 0. The fourth-order valence-electron chi connectivity index (χ4n) is 4.90. The second kappa shape index (κ2) is 10.4. The van der Waals surface area contributed by atoms with Crippen LogP contribution < -0.4 is 5.32 Å². The number of hydrogen-bond donors (Lipinski definition) is 2. The summed E-state index contributed by atoms with van der Waals surface area (Å²) in [6, 6.07) is 15.5. The van der Waals surface area contributed by atoms with Crippen LogP contribution in [0.2, 0.25) is 0 Å². The molecule has 0 spiro atoms. The van der Waals surface area contributed by atoms with Crippen molar-refractivity contribution >= 4 is 34.1 Å². The zero-order valence-electron chi connectivity index (χ0n) is 22.6. The number of alkyl halides is 1. The highest BCUT2D eigenvalue weighted by atomic mass is 19.1. The third-order valence-corrected chi connectivity index (χ3v) is 7.30. The van der Waals surface area contributed by atoms with Crippen molar-refractivity contribution in [1.29, 1.82) is 0 Å². The van der Waals surface area contributed by atoms with Crippen LogP contribution in [0.5, 0.6) is 0 Å². The Balaban J connectivity index is 1.42. The number of aromatic amines is 1. The molecule has 3 heterocycles. The SMILES string of the molecule is Cc1c(NC(=O)c2ccc(C(C)(C)C)cc2)cccc1-c1ncnc2[nH]c(C3=CCN(C(=O)CF)CC3)cc12. The maximum Gasteiger partial charge on any atom is 0.255 e. The zero-order chi connectivity index (χ0) is 27.7. The highest BCUT2D eigenvalue weighted by Gasteiger charge is 2.21. The van der Waals surface area contributed by atoms with Gasteiger partial charge in [0.15, 0.2) is 6.67 Å². The smallest absolute Gasteiger partial charge is 0.255 e. The van der Waals surface area contributed by atoms with E-state index in [2.05, 4.69) is 41.0 Å². The van der Waals surface area contributed by atoms with Crippen molar-refractivity contribution in [3.8, 4) is 11.3 Å². The third-order valence-electron chi connectivity index (χ3n) is 7.30. The van der Waals surface area contributed by atoms with E-state index < -0.39 is 12.6 Å². The van der Waals surface area contributed by atoms with Crippen molar-refractivity contribution < 1.29 is 14.0 Å². The largest absolute Gasteiger partial charge is 0.339 e. The van der Waals surface area contributed by atoms with E-state index in [9.17, 15) is 14.0 Å². The Hall–Kier alpha value is -4.33. The lowest BCUT2D eigenvalue weighted by Gasteiger charge is -2.25. The van der Waals surface area contributed by atoms with Gasteiger partial charge in [-0.3, -0.25) is 9.59 Å². The second-order valence-corrected chi connectivity index (χ2v) is 10.9. The number of amides is 2. The summed E-state index contributed by atoms with van der Waals surface area (Å²) in [4.78, 5) is 38.6. The Morgan fingerprint density at radius 3 is 2.54 bits per heavy atom. The minimum atomic E-state index is -0.975. The van der Waals surface area contributed by atoms with Crippen LogP contribution in [0, 0.1) is 6.92 Å². The number of carbonyl (C=O) groups is 2. The first-order valence-corrected chi connectivity index (χ1v) is 13.0. The third kappa shape index (κ3) is 5.32. The van der Waals surface area contributed by atoms with Gasteiger partial charge in [0.05, 0.1) is 5.69 Å². The van der Waals surface area contributed by atoms with E-state index in [0.29, 0.717) is 36.4 Å². The van der Waals surface area contributed by atoms with Crippen LogP contribution in [0.15, 0.2) is 60.9 Å². The number of halogens is 1. The van der Waals surface area contributed by atoms with E-state index in [1.807, 2.05) is 61.5 Å². The fraction of sp³-hybridized carbons (Fsp3) is 0.290. The van der Waals surface area contributed by atoms with Gasteiger partial charge in [0.1, 0.15) is 12.0 Å². The number of carbonyl (C=O) groups excluding carboxylic acids is 2. The number of aromatic nitrogens is 3. The molecule has 2 N–H and O–H groups in total. The van der Waals surface area contributed by atoms with Gasteiger partial charge >= 0.3 is 0 Å². The lowest BCUT2D eigenvalue weighted by Crippen LogP contribution is -2.35. The highest BCUT2D eigenvalue weighted by molar-refractivity contribution is 6.05. The van der Waals surface area contributed by atoms with Gasteiger partial charge in [0, 0.05) is 41.0 Å². The van der Waals surface area contributed by atoms with Gasteiger partial charge in [0.25, 0.3) is 11.8 Å². The molecule has 2 amide bonds. The summed E-state index contributed by atoms with van der Waals surface area (Å²) in [7, 11) is 0. The Morgan fingerprint density at radius 1 is 1.10 bits per heavy atom. The molecule has 200 valence electrons. The van der Waals surface area contributed by atoms with E-state index in [1.54, 1.807) is 0 Å². The molecule has 0 saturated heterocycles. The maximum atomic E-state index is 13.1. The number of rotatable bonds is 5. The van der Waals surface area contributed by atoms with E-state index in [4.69, 9.17) is 0 Å². The van der Waals surface area contributed by atoms with Gasteiger partial charge < -0.3 is 15.2 Å². The van der Waals surface area contributed by atoms with Crippen LogP contribution in [0.25, 0.3) is 27.9 Å². The molecule has 0 fully saturated rings. The van der Waals surface area contributed by atoms with E-state index in [0.717, 1.165) is 33.5 Å². The highest BCUT2D eigenvalue weighted by Crippen LogP contribution is 2.34. The average molecular weight is 526 g/mol. The topological polar surface area (TPSA) is 91.0 Å². The molecular weight excluding hydrogens is 493 g/mol. The molecule has 1 aliphatic heterocycles. The number of benzene rings is 2. The number of nitrogens with one attached hydrogen (secondary N) is 2. The van der Waals surface area contributed by atoms with Crippen molar-refractivity contribution in [2.75, 3.05) is 25.1 Å². The fourth-order valence-corrected chi connectivity index (χ4v) is 4.90. The zero-order valence-corrected chi connectivity index (χ0v) is 22.6. The molecule has 0 saturated carbocycles. The van der Waals surface area contributed by atoms with Crippen LogP contribution in [0.4, 0.5) is 10.1 Å². The number of H-pyrrole nitrogens is 1. The second-order valence-electron chi connectivity index (χ2n) is 10.9. The van der Waals surface area contributed by atoms with Gasteiger partial charge in [-0.2, -0.15) is 0 Å². The summed E-state index contributed by atoms with van der Waals surface area (Å²) in [6.45, 7) is 8.28. The van der Waals surface area contributed by atoms with Crippen LogP contribution in [-0.2, 0) is 10.2 Å². The molecule has 39 heavy (non-hydrogen) atoms. The molecule has 0 bridgehead atoms. The Kier molecular flexibility index (Phi) is 7.04.